The number of rotatable bonds is 8. The van der Waals surface area contributed by atoms with E-state index in [2.05, 4.69) is 39.9 Å². The van der Waals surface area contributed by atoms with Crippen LogP contribution in [0.3, 0.4) is 0 Å². The fourth-order valence-corrected chi connectivity index (χ4v) is 1.97. The van der Waals surface area contributed by atoms with Crippen LogP contribution in [0.1, 0.15) is 53.9 Å². The van der Waals surface area contributed by atoms with Gasteiger partial charge in [0, 0.05) is 0 Å². The molecule has 0 radical (unpaired) electrons. The standard InChI is InChI=1S/C13H29N/c1-6-12(7-2)9-13(11(4)5)10-14-8-3/h11-14H,6-10H2,1-5H3. The molecule has 0 aliphatic heterocycles. The van der Waals surface area contributed by atoms with Gasteiger partial charge in [0.05, 0.1) is 0 Å². The van der Waals surface area contributed by atoms with Crippen LogP contribution in [-0.4, -0.2) is 13.1 Å². The highest BCUT2D eigenvalue weighted by Crippen LogP contribution is 2.23. The Morgan fingerprint density at radius 3 is 1.93 bits per heavy atom. The van der Waals surface area contributed by atoms with Crippen molar-refractivity contribution in [2.75, 3.05) is 13.1 Å². The van der Waals surface area contributed by atoms with Crippen molar-refractivity contribution in [3.8, 4) is 0 Å². The first kappa shape index (κ1) is 14.0. The Labute approximate surface area is 90.7 Å². The van der Waals surface area contributed by atoms with Crippen LogP contribution in [-0.2, 0) is 0 Å². The molecule has 0 spiro atoms. The molecule has 1 nitrogen and oxygen atoms in total. The summed E-state index contributed by atoms with van der Waals surface area (Å²) in [5.74, 6) is 2.61. The zero-order chi connectivity index (χ0) is 11.0. The van der Waals surface area contributed by atoms with Gasteiger partial charge < -0.3 is 5.32 Å². The normalized spacial score (nSPS) is 13.9. The number of hydrogen-bond acceptors (Lipinski definition) is 1. The highest BCUT2D eigenvalue weighted by Gasteiger charge is 2.16. The molecular formula is C13H29N. The van der Waals surface area contributed by atoms with Gasteiger partial charge in [-0.05, 0) is 37.3 Å². The number of nitrogens with one attached hydrogen (secondary N) is 1. The fraction of sp³-hybridized carbons (Fsp3) is 1.00. The van der Waals surface area contributed by atoms with Gasteiger partial charge in [-0.2, -0.15) is 0 Å². The van der Waals surface area contributed by atoms with Crippen LogP contribution in [0.15, 0.2) is 0 Å². The third kappa shape index (κ3) is 5.64. The van der Waals surface area contributed by atoms with Gasteiger partial charge in [0.25, 0.3) is 0 Å². The molecule has 0 aromatic rings. The molecule has 1 unspecified atom stereocenters. The average molecular weight is 199 g/mol. The SMILES string of the molecule is CCNCC(CC(CC)CC)C(C)C. The second kappa shape index (κ2) is 8.28. The molecule has 0 saturated carbocycles. The molecule has 0 aromatic heterocycles. The van der Waals surface area contributed by atoms with Crippen molar-refractivity contribution in [2.45, 2.75) is 53.9 Å². The zero-order valence-electron chi connectivity index (χ0n) is 10.8. The van der Waals surface area contributed by atoms with Crippen molar-refractivity contribution in [3.63, 3.8) is 0 Å². The summed E-state index contributed by atoms with van der Waals surface area (Å²) in [5, 5.41) is 3.48. The lowest BCUT2D eigenvalue weighted by Gasteiger charge is -2.25. The maximum atomic E-state index is 3.48. The third-order valence-corrected chi connectivity index (χ3v) is 3.39. The van der Waals surface area contributed by atoms with Crippen molar-refractivity contribution >= 4 is 0 Å². The van der Waals surface area contributed by atoms with Crippen molar-refractivity contribution < 1.29 is 0 Å². The number of hydrogen-bond donors (Lipinski definition) is 1. The van der Waals surface area contributed by atoms with Crippen molar-refractivity contribution in [2.24, 2.45) is 17.8 Å². The van der Waals surface area contributed by atoms with E-state index >= 15 is 0 Å². The fourth-order valence-electron chi connectivity index (χ4n) is 1.97. The lowest BCUT2D eigenvalue weighted by atomic mass is 9.84. The minimum absolute atomic E-state index is 0.814. The summed E-state index contributed by atoms with van der Waals surface area (Å²) in [7, 11) is 0. The van der Waals surface area contributed by atoms with Crippen LogP contribution in [0.25, 0.3) is 0 Å². The Bertz CT molecular complexity index is 116. The van der Waals surface area contributed by atoms with E-state index in [0.29, 0.717) is 0 Å². The second-order valence-electron chi connectivity index (χ2n) is 4.73. The molecule has 0 rings (SSSR count). The highest BCUT2D eigenvalue weighted by molar-refractivity contribution is 4.69. The first-order chi connectivity index (χ1) is 6.65. The van der Waals surface area contributed by atoms with Gasteiger partial charge in [0.1, 0.15) is 0 Å². The van der Waals surface area contributed by atoms with Crippen molar-refractivity contribution in [3.05, 3.63) is 0 Å². The van der Waals surface area contributed by atoms with E-state index in [0.717, 1.165) is 24.3 Å². The minimum atomic E-state index is 0.814. The summed E-state index contributed by atoms with van der Waals surface area (Å²) < 4.78 is 0. The highest BCUT2D eigenvalue weighted by atomic mass is 14.8. The molecule has 14 heavy (non-hydrogen) atoms. The predicted octanol–water partition coefficient (Wildman–Crippen LogP) is 3.69. The average Bonchev–Trinajstić information content (AvgIpc) is 2.18. The van der Waals surface area contributed by atoms with Crippen LogP contribution < -0.4 is 5.32 Å². The van der Waals surface area contributed by atoms with E-state index in [1.807, 2.05) is 0 Å². The molecule has 0 aliphatic rings. The minimum Gasteiger partial charge on any atom is -0.317 e. The van der Waals surface area contributed by atoms with E-state index in [4.69, 9.17) is 0 Å². The second-order valence-corrected chi connectivity index (χ2v) is 4.73. The molecule has 0 fully saturated rings. The largest absolute Gasteiger partial charge is 0.317 e. The summed E-state index contributed by atoms with van der Waals surface area (Å²) in [4.78, 5) is 0. The van der Waals surface area contributed by atoms with Crippen LogP contribution in [0.4, 0.5) is 0 Å². The summed E-state index contributed by atoms with van der Waals surface area (Å²) >= 11 is 0. The Balaban J connectivity index is 3.93. The molecule has 0 amide bonds. The smallest absolute Gasteiger partial charge is 0.00181 e. The van der Waals surface area contributed by atoms with E-state index < -0.39 is 0 Å². The molecule has 1 atom stereocenters. The molecule has 0 aliphatic carbocycles. The third-order valence-electron chi connectivity index (χ3n) is 3.39. The van der Waals surface area contributed by atoms with Crippen molar-refractivity contribution in [1.29, 1.82) is 0 Å². The molecule has 86 valence electrons. The van der Waals surface area contributed by atoms with Gasteiger partial charge in [-0.15, -0.1) is 0 Å². The van der Waals surface area contributed by atoms with E-state index in [9.17, 15) is 0 Å². The first-order valence-corrected chi connectivity index (χ1v) is 6.36. The molecule has 1 N–H and O–H groups in total. The lowest BCUT2D eigenvalue weighted by molar-refractivity contribution is 0.277. The van der Waals surface area contributed by atoms with Crippen molar-refractivity contribution in [1.82, 2.24) is 5.32 Å². The van der Waals surface area contributed by atoms with E-state index in [1.54, 1.807) is 0 Å². The molecular weight excluding hydrogens is 170 g/mol. The van der Waals surface area contributed by atoms with Gasteiger partial charge in [-0.25, -0.2) is 0 Å². The topological polar surface area (TPSA) is 12.0 Å². The van der Waals surface area contributed by atoms with Gasteiger partial charge in [0.15, 0.2) is 0 Å². The monoisotopic (exact) mass is 199 g/mol. The Morgan fingerprint density at radius 1 is 1.00 bits per heavy atom. The Kier molecular flexibility index (Phi) is 8.26. The van der Waals surface area contributed by atoms with Gasteiger partial charge in [0.2, 0.25) is 0 Å². The molecule has 1 heteroatoms. The quantitative estimate of drug-likeness (QED) is 0.628. The van der Waals surface area contributed by atoms with Crippen LogP contribution in [0.5, 0.6) is 0 Å². The summed E-state index contributed by atoms with van der Waals surface area (Å²) in [6, 6.07) is 0. The van der Waals surface area contributed by atoms with E-state index in [1.165, 1.54) is 25.8 Å². The summed E-state index contributed by atoms with van der Waals surface area (Å²) in [6.45, 7) is 13.8. The van der Waals surface area contributed by atoms with Crippen LogP contribution in [0, 0.1) is 17.8 Å². The molecule has 0 heterocycles. The zero-order valence-corrected chi connectivity index (χ0v) is 10.8. The molecule has 0 saturated heterocycles. The maximum Gasteiger partial charge on any atom is -0.00181 e. The Hall–Kier alpha value is -0.0400. The first-order valence-electron chi connectivity index (χ1n) is 6.36. The van der Waals surface area contributed by atoms with Gasteiger partial charge in [-0.3, -0.25) is 0 Å². The summed E-state index contributed by atoms with van der Waals surface area (Å²) in [6.07, 6.45) is 4.08. The maximum absolute atomic E-state index is 3.48. The summed E-state index contributed by atoms with van der Waals surface area (Å²) in [5.41, 5.74) is 0. The van der Waals surface area contributed by atoms with Gasteiger partial charge in [-0.1, -0.05) is 47.5 Å². The van der Waals surface area contributed by atoms with Gasteiger partial charge >= 0.3 is 0 Å². The van der Waals surface area contributed by atoms with Crippen LogP contribution in [0.2, 0.25) is 0 Å². The van der Waals surface area contributed by atoms with Crippen LogP contribution >= 0.6 is 0 Å². The predicted molar refractivity (Wildman–Crippen MR) is 65.6 cm³/mol. The Morgan fingerprint density at radius 2 is 1.57 bits per heavy atom. The molecule has 0 aromatic carbocycles. The van der Waals surface area contributed by atoms with E-state index in [-0.39, 0.29) is 0 Å². The molecule has 0 bridgehead atoms. The lowest BCUT2D eigenvalue weighted by Crippen LogP contribution is -2.27.